The summed E-state index contributed by atoms with van der Waals surface area (Å²) in [7, 11) is 0.606. The first-order valence-corrected chi connectivity index (χ1v) is 6.11. The van der Waals surface area contributed by atoms with Crippen molar-refractivity contribution in [1.29, 1.82) is 0 Å². The lowest BCUT2D eigenvalue weighted by Crippen LogP contribution is -2.04. The molecule has 1 aromatic rings. The Morgan fingerprint density at radius 3 is 2.40 bits per heavy atom. The third kappa shape index (κ3) is 2.67. The van der Waals surface area contributed by atoms with E-state index in [9.17, 15) is 17.2 Å². The number of hydrogen-bond donors (Lipinski definition) is 1. The Morgan fingerprint density at radius 1 is 1.47 bits per heavy atom. The minimum absolute atomic E-state index is 0.236. The molecule has 0 amide bonds. The van der Waals surface area contributed by atoms with Crippen LogP contribution in [0, 0.1) is 0 Å². The van der Waals surface area contributed by atoms with Crippen molar-refractivity contribution >= 4 is 37.0 Å². The van der Waals surface area contributed by atoms with Crippen molar-refractivity contribution in [3.05, 3.63) is 16.9 Å². The number of hydrogen-bond acceptors (Lipinski definition) is 4. The first-order chi connectivity index (χ1) is 6.73. The van der Waals surface area contributed by atoms with E-state index in [2.05, 4.69) is 4.98 Å². The first-order valence-electron chi connectivity index (χ1n) is 3.42. The lowest BCUT2D eigenvalue weighted by Gasteiger charge is -2.07. The summed E-state index contributed by atoms with van der Waals surface area (Å²) >= 11 is 5.37. The fourth-order valence-electron chi connectivity index (χ4n) is 0.852. The van der Waals surface area contributed by atoms with E-state index in [-0.39, 0.29) is 5.69 Å². The Balaban J connectivity index is 3.56. The molecule has 1 aromatic heterocycles. The molecule has 0 aliphatic rings. The van der Waals surface area contributed by atoms with Gasteiger partial charge in [-0.25, -0.2) is 22.2 Å². The number of nitrogens with zero attached hydrogens (tertiary/aromatic N) is 1. The molecule has 1 heterocycles. The van der Waals surface area contributed by atoms with Crippen LogP contribution >= 0.6 is 22.3 Å². The quantitative estimate of drug-likeness (QED) is 0.664. The second kappa shape index (κ2) is 4.07. The van der Waals surface area contributed by atoms with E-state index in [1.165, 1.54) is 0 Å². The van der Waals surface area contributed by atoms with Gasteiger partial charge in [0.1, 0.15) is 10.6 Å². The van der Waals surface area contributed by atoms with E-state index in [0.717, 1.165) is 6.07 Å². The highest BCUT2D eigenvalue weighted by atomic mass is 35.7. The number of aromatic nitrogens is 1. The zero-order chi connectivity index (χ0) is 11.8. The van der Waals surface area contributed by atoms with Gasteiger partial charge in [-0.05, 0) is 6.07 Å². The minimum Gasteiger partial charge on any atom is -0.396 e. The molecule has 0 bridgehead atoms. The van der Waals surface area contributed by atoms with E-state index in [1.54, 1.807) is 0 Å². The maximum Gasteiger partial charge on any atom is 0.281 e. The number of alkyl halides is 2. The number of anilines is 1. The molecule has 0 atom stereocenters. The van der Waals surface area contributed by atoms with Crippen LogP contribution in [0.3, 0.4) is 0 Å². The highest BCUT2D eigenvalue weighted by molar-refractivity contribution is 8.13. The smallest absolute Gasteiger partial charge is 0.281 e. The van der Waals surface area contributed by atoms with Gasteiger partial charge in [0.15, 0.2) is 5.15 Å². The zero-order valence-corrected chi connectivity index (χ0v) is 9.24. The monoisotopic (exact) mass is 276 g/mol. The molecular weight excluding hydrogens is 273 g/mol. The van der Waals surface area contributed by atoms with Crippen LogP contribution in [0.4, 0.5) is 14.5 Å². The molecule has 0 saturated carbocycles. The van der Waals surface area contributed by atoms with Gasteiger partial charge in [-0.15, -0.1) is 0 Å². The van der Waals surface area contributed by atoms with Crippen molar-refractivity contribution in [2.45, 2.75) is 11.3 Å². The summed E-state index contributed by atoms with van der Waals surface area (Å²) in [6.07, 6.45) is -3.10. The Labute approximate surface area is 93.4 Å². The van der Waals surface area contributed by atoms with Gasteiger partial charge in [0.2, 0.25) is 0 Å². The summed E-state index contributed by atoms with van der Waals surface area (Å²) in [5, 5.41) is -0.394. The summed E-state index contributed by atoms with van der Waals surface area (Å²) in [5.41, 5.74) is 3.98. The van der Waals surface area contributed by atoms with Crippen LogP contribution in [0.15, 0.2) is 11.0 Å². The molecule has 84 valence electrons. The minimum atomic E-state index is -4.33. The van der Waals surface area contributed by atoms with E-state index in [4.69, 9.17) is 28.0 Å². The van der Waals surface area contributed by atoms with Gasteiger partial charge in [0, 0.05) is 10.7 Å². The number of pyridine rings is 1. The molecule has 0 aliphatic carbocycles. The van der Waals surface area contributed by atoms with Crippen molar-refractivity contribution in [2.75, 3.05) is 5.73 Å². The molecule has 4 nitrogen and oxygen atoms in total. The normalized spacial score (nSPS) is 12.1. The molecule has 0 fully saturated rings. The molecule has 1 rings (SSSR count). The molecule has 15 heavy (non-hydrogen) atoms. The zero-order valence-electron chi connectivity index (χ0n) is 6.92. The average Bonchev–Trinajstić information content (AvgIpc) is 2.06. The van der Waals surface area contributed by atoms with E-state index >= 15 is 0 Å². The summed E-state index contributed by atoms with van der Waals surface area (Å²) < 4.78 is 46.6. The van der Waals surface area contributed by atoms with Gasteiger partial charge in [-0.2, -0.15) is 0 Å². The van der Waals surface area contributed by atoms with Crippen molar-refractivity contribution < 1.29 is 17.2 Å². The molecule has 0 unspecified atom stereocenters. The van der Waals surface area contributed by atoms with Crippen LogP contribution in [0.1, 0.15) is 12.1 Å². The van der Waals surface area contributed by atoms with Crippen molar-refractivity contribution in [1.82, 2.24) is 4.98 Å². The second-order valence-electron chi connectivity index (χ2n) is 2.49. The van der Waals surface area contributed by atoms with E-state index in [0.29, 0.717) is 0 Å². The van der Waals surface area contributed by atoms with E-state index < -0.39 is 31.2 Å². The van der Waals surface area contributed by atoms with Crippen LogP contribution in [0.5, 0.6) is 0 Å². The fourth-order valence-corrected chi connectivity index (χ4v) is 2.02. The number of rotatable bonds is 2. The maximum atomic E-state index is 12.4. The second-order valence-corrected chi connectivity index (χ2v) is 5.38. The molecule has 0 aliphatic heterocycles. The van der Waals surface area contributed by atoms with Gasteiger partial charge < -0.3 is 5.73 Å². The summed E-state index contributed by atoms with van der Waals surface area (Å²) in [4.78, 5) is 2.33. The van der Waals surface area contributed by atoms with Crippen molar-refractivity contribution in [2.24, 2.45) is 0 Å². The standard InChI is InChI=1S/C6H4Cl2F2N2O2S/c7-5-2(11)1-3(15(8,13)14)4(12-5)6(9)10/h1,6H,11H2. The summed E-state index contributed by atoms with van der Waals surface area (Å²) in [6.45, 7) is 0. The third-order valence-electron chi connectivity index (χ3n) is 1.47. The number of nitrogens with two attached hydrogens (primary N) is 1. The average molecular weight is 277 g/mol. The van der Waals surface area contributed by atoms with Gasteiger partial charge in [0.05, 0.1) is 5.69 Å². The largest absolute Gasteiger partial charge is 0.396 e. The van der Waals surface area contributed by atoms with Gasteiger partial charge in [0.25, 0.3) is 15.5 Å². The number of halogens is 4. The fraction of sp³-hybridized carbons (Fsp3) is 0.167. The van der Waals surface area contributed by atoms with Gasteiger partial charge in [-0.1, -0.05) is 11.6 Å². The number of nitrogen functional groups attached to an aromatic ring is 1. The van der Waals surface area contributed by atoms with Gasteiger partial charge >= 0.3 is 0 Å². The van der Waals surface area contributed by atoms with Crippen LogP contribution in [0.2, 0.25) is 5.15 Å². The summed E-state index contributed by atoms with van der Waals surface area (Å²) in [5.74, 6) is 0. The molecule has 2 N–H and O–H groups in total. The first kappa shape index (κ1) is 12.4. The Kier molecular flexibility index (Phi) is 3.37. The molecule has 9 heteroatoms. The van der Waals surface area contributed by atoms with Crippen LogP contribution < -0.4 is 5.73 Å². The predicted octanol–water partition coefficient (Wildman–Crippen LogP) is 2.18. The van der Waals surface area contributed by atoms with Crippen LogP contribution in [-0.2, 0) is 9.05 Å². The summed E-state index contributed by atoms with van der Waals surface area (Å²) in [6, 6.07) is 0.749. The van der Waals surface area contributed by atoms with E-state index in [1.807, 2.05) is 0 Å². The van der Waals surface area contributed by atoms with Crippen LogP contribution in [-0.4, -0.2) is 13.4 Å². The lowest BCUT2D eigenvalue weighted by molar-refractivity contribution is 0.142. The van der Waals surface area contributed by atoms with Crippen LogP contribution in [0.25, 0.3) is 0 Å². The lowest BCUT2D eigenvalue weighted by atomic mass is 10.3. The van der Waals surface area contributed by atoms with Crippen molar-refractivity contribution in [3.8, 4) is 0 Å². The topological polar surface area (TPSA) is 73.1 Å². The molecule has 0 saturated heterocycles. The Bertz CT molecular complexity index is 492. The SMILES string of the molecule is Nc1cc(S(=O)(=O)Cl)c(C(F)F)nc1Cl. The molecule has 0 aromatic carbocycles. The molecule has 0 spiro atoms. The molecule has 0 radical (unpaired) electrons. The molecular formula is C6H4Cl2F2N2O2S. The highest BCUT2D eigenvalue weighted by Gasteiger charge is 2.25. The predicted molar refractivity (Wildman–Crippen MR) is 51.7 cm³/mol. The highest BCUT2D eigenvalue weighted by Crippen LogP contribution is 2.31. The van der Waals surface area contributed by atoms with Gasteiger partial charge in [-0.3, -0.25) is 0 Å². The Hall–Kier alpha value is -0.660. The Morgan fingerprint density at radius 2 is 2.00 bits per heavy atom. The third-order valence-corrected chi connectivity index (χ3v) is 3.12. The van der Waals surface area contributed by atoms with Crippen molar-refractivity contribution in [3.63, 3.8) is 0 Å². The maximum absolute atomic E-state index is 12.4.